The lowest BCUT2D eigenvalue weighted by atomic mass is 9.80. The van der Waals surface area contributed by atoms with E-state index in [2.05, 4.69) is 31.3 Å². The van der Waals surface area contributed by atoms with Gasteiger partial charge in [-0.05, 0) is 36.6 Å². The molecule has 5 rings (SSSR count). The summed E-state index contributed by atoms with van der Waals surface area (Å²) in [7, 11) is 0. The molecular weight excluding hydrogens is 316 g/mol. The van der Waals surface area contributed by atoms with E-state index in [1.54, 1.807) is 6.20 Å². The van der Waals surface area contributed by atoms with Crippen molar-refractivity contribution in [1.29, 1.82) is 0 Å². The van der Waals surface area contributed by atoms with Crippen molar-refractivity contribution >= 4 is 11.9 Å². The van der Waals surface area contributed by atoms with Crippen LogP contribution in [0, 0.1) is 5.92 Å². The highest BCUT2D eigenvalue weighted by atomic mass is 16.5. The Kier molecular flexibility index (Phi) is 3.16. The van der Waals surface area contributed by atoms with E-state index in [1.807, 2.05) is 41.5 Å². The molecule has 0 bridgehead atoms. The number of pyridine rings is 1. The number of hydrogen-bond donors (Lipinski definition) is 0. The van der Waals surface area contributed by atoms with Crippen molar-refractivity contribution in [3.8, 4) is 22.8 Å². The number of fused-ring (bicyclic) bond motifs is 1. The van der Waals surface area contributed by atoms with E-state index in [0.29, 0.717) is 17.4 Å². The Balaban J connectivity index is 1.47. The summed E-state index contributed by atoms with van der Waals surface area (Å²) in [6.07, 6.45) is 13.4. The van der Waals surface area contributed by atoms with Gasteiger partial charge in [-0.15, -0.1) is 0 Å². The molecule has 7 nitrogen and oxygen atoms in total. The molecule has 4 heterocycles. The first kappa shape index (κ1) is 14.0. The van der Waals surface area contributed by atoms with Crippen LogP contribution in [0.15, 0.2) is 64.4 Å². The monoisotopic (exact) mass is 330 g/mol. The maximum atomic E-state index is 4.79. The summed E-state index contributed by atoms with van der Waals surface area (Å²) in [5.74, 6) is 0.960. The van der Waals surface area contributed by atoms with Gasteiger partial charge in [0.05, 0.1) is 23.8 Å². The molecular formula is C18H14N6O. The molecule has 0 N–H and O–H groups in total. The smallest absolute Gasteiger partial charge is 0.220 e. The molecule has 0 spiro atoms. The molecule has 0 aromatic carbocycles. The van der Waals surface area contributed by atoms with E-state index < -0.39 is 0 Å². The molecule has 1 aliphatic heterocycles. The third kappa shape index (κ3) is 2.50. The molecule has 0 amide bonds. The Morgan fingerprint density at radius 2 is 2.16 bits per heavy atom. The minimum absolute atomic E-state index is 0.469. The van der Waals surface area contributed by atoms with Crippen molar-refractivity contribution in [2.75, 3.05) is 0 Å². The first-order valence-electron chi connectivity index (χ1n) is 8.10. The van der Waals surface area contributed by atoms with Crippen LogP contribution in [0.1, 0.15) is 12.8 Å². The van der Waals surface area contributed by atoms with Gasteiger partial charge in [-0.1, -0.05) is 11.2 Å². The van der Waals surface area contributed by atoms with Gasteiger partial charge in [-0.25, -0.2) is 9.67 Å². The number of nitrogens with zero attached hydrogens (tertiary/aromatic N) is 6. The van der Waals surface area contributed by atoms with Gasteiger partial charge in [-0.3, -0.25) is 4.99 Å². The second kappa shape index (κ2) is 5.62. The lowest BCUT2D eigenvalue weighted by Crippen LogP contribution is -2.13. The van der Waals surface area contributed by atoms with Crippen molar-refractivity contribution in [1.82, 2.24) is 24.9 Å². The minimum Gasteiger partial charge on any atom is -0.342 e. The first-order valence-corrected chi connectivity index (χ1v) is 8.10. The van der Waals surface area contributed by atoms with Gasteiger partial charge in [0.25, 0.3) is 0 Å². The van der Waals surface area contributed by atoms with Gasteiger partial charge >= 0.3 is 0 Å². The van der Waals surface area contributed by atoms with Gasteiger partial charge in [0, 0.05) is 23.9 Å². The first-order chi connectivity index (χ1) is 12.4. The predicted molar refractivity (Wildman–Crippen MR) is 92.3 cm³/mol. The second-order valence-electron chi connectivity index (χ2n) is 6.06. The highest BCUT2D eigenvalue weighted by molar-refractivity contribution is 6.03. The van der Waals surface area contributed by atoms with Gasteiger partial charge in [0.2, 0.25) is 12.2 Å². The van der Waals surface area contributed by atoms with Crippen molar-refractivity contribution < 1.29 is 4.52 Å². The number of aromatic nitrogens is 5. The summed E-state index contributed by atoms with van der Waals surface area (Å²) < 4.78 is 6.63. The van der Waals surface area contributed by atoms with Crippen LogP contribution in [-0.2, 0) is 0 Å². The highest BCUT2D eigenvalue weighted by Gasteiger charge is 2.24. The minimum atomic E-state index is 0.469. The third-order valence-electron chi connectivity index (χ3n) is 4.52. The van der Waals surface area contributed by atoms with Crippen LogP contribution in [0.2, 0.25) is 0 Å². The van der Waals surface area contributed by atoms with Crippen molar-refractivity contribution in [3.63, 3.8) is 0 Å². The molecule has 7 heteroatoms. The predicted octanol–water partition coefficient (Wildman–Crippen LogP) is 3.21. The largest absolute Gasteiger partial charge is 0.342 e. The summed E-state index contributed by atoms with van der Waals surface area (Å²) in [4.78, 5) is 13.0. The van der Waals surface area contributed by atoms with E-state index in [0.717, 1.165) is 23.4 Å². The molecule has 25 heavy (non-hydrogen) atoms. The zero-order chi connectivity index (χ0) is 16.6. The summed E-state index contributed by atoms with van der Waals surface area (Å²) in [5, 5.41) is 8.31. The second-order valence-corrected chi connectivity index (χ2v) is 6.06. The summed E-state index contributed by atoms with van der Waals surface area (Å²) in [6, 6.07) is 5.71. The van der Waals surface area contributed by atoms with Crippen LogP contribution in [0.25, 0.3) is 28.5 Å². The van der Waals surface area contributed by atoms with Crippen LogP contribution >= 0.6 is 0 Å². The Morgan fingerprint density at radius 1 is 1.20 bits per heavy atom. The van der Waals surface area contributed by atoms with Gasteiger partial charge in [0.15, 0.2) is 0 Å². The van der Waals surface area contributed by atoms with E-state index in [1.165, 1.54) is 18.4 Å². The molecule has 1 unspecified atom stereocenters. The molecule has 3 aromatic rings. The van der Waals surface area contributed by atoms with Gasteiger partial charge in [-0.2, -0.15) is 10.1 Å². The zero-order valence-corrected chi connectivity index (χ0v) is 13.3. The average molecular weight is 330 g/mol. The summed E-state index contributed by atoms with van der Waals surface area (Å²) in [5.41, 5.74) is 4.77. The highest BCUT2D eigenvalue weighted by Crippen LogP contribution is 2.36. The van der Waals surface area contributed by atoms with Crippen molar-refractivity contribution in [2.45, 2.75) is 12.8 Å². The van der Waals surface area contributed by atoms with Crippen molar-refractivity contribution in [3.05, 3.63) is 54.8 Å². The Morgan fingerprint density at radius 3 is 3.00 bits per heavy atom. The molecule has 122 valence electrons. The van der Waals surface area contributed by atoms with Crippen LogP contribution in [0.5, 0.6) is 0 Å². The third-order valence-corrected chi connectivity index (χ3v) is 4.52. The fourth-order valence-electron chi connectivity index (χ4n) is 3.02. The Bertz CT molecular complexity index is 1010. The number of hydrogen-bond acceptors (Lipinski definition) is 6. The Hall–Kier alpha value is -3.35. The fraction of sp³-hybridized carbons (Fsp3) is 0.167. The molecule has 0 saturated heterocycles. The summed E-state index contributed by atoms with van der Waals surface area (Å²) in [6.45, 7) is 0. The molecule has 0 radical (unpaired) electrons. The SMILES string of the molecule is C1=NC=C2CCC2C=C1n1cc(-c2cccc(-c3ncon3)n2)cn1. The van der Waals surface area contributed by atoms with Crippen LogP contribution < -0.4 is 0 Å². The van der Waals surface area contributed by atoms with Crippen LogP contribution in [0.3, 0.4) is 0 Å². The number of rotatable bonds is 3. The zero-order valence-electron chi connectivity index (χ0n) is 13.3. The standard InChI is InChI=1S/C18H14N6O/c1-2-16(22-17(3-1)18-20-11-25-23-18)14-8-21-24(10-14)15-6-12-4-5-13(12)7-19-9-15/h1-3,6-12H,4-5H2. The molecule has 2 aliphatic rings. The molecule has 1 atom stereocenters. The van der Waals surface area contributed by atoms with Crippen LogP contribution in [-0.4, -0.2) is 31.1 Å². The normalized spacial score (nSPS) is 18.8. The average Bonchev–Trinajstić information content (AvgIpc) is 3.30. The number of aliphatic imine (C=N–C) groups is 1. The summed E-state index contributed by atoms with van der Waals surface area (Å²) >= 11 is 0. The Labute approximate surface area is 143 Å². The van der Waals surface area contributed by atoms with E-state index in [4.69, 9.17) is 4.52 Å². The lowest BCUT2D eigenvalue weighted by molar-refractivity contribution is 0.418. The van der Waals surface area contributed by atoms with E-state index >= 15 is 0 Å². The molecule has 1 fully saturated rings. The molecule has 1 saturated carbocycles. The van der Waals surface area contributed by atoms with Gasteiger partial charge < -0.3 is 4.52 Å². The molecule has 1 aliphatic carbocycles. The van der Waals surface area contributed by atoms with Gasteiger partial charge in [0.1, 0.15) is 5.69 Å². The maximum absolute atomic E-state index is 4.79. The lowest BCUT2D eigenvalue weighted by Gasteiger charge is -2.25. The fourth-order valence-corrected chi connectivity index (χ4v) is 3.02. The maximum Gasteiger partial charge on any atom is 0.220 e. The number of allylic oxidation sites excluding steroid dienone is 3. The molecule has 3 aromatic heterocycles. The van der Waals surface area contributed by atoms with E-state index in [-0.39, 0.29) is 0 Å². The quantitative estimate of drug-likeness (QED) is 0.736. The van der Waals surface area contributed by atoms with Crippen molar-refractivity contribution in [2.24, 2.45) is 10.9 Å². The van der Waals surface area contributed by atoms with Crippen LogP contribution in [0.4, 0.5) is 0 Å². The van der Waals surface area contributed by atoms with E-state index in [9.17, 15) is 0 Å². The topological polar surface area (TPSA) is 82.0 Å².